The Morgan fingerprint density at radius 2 is 2.07 bits per heavy atom. The molecule has 2 heteroatoms. The summed E-state index contributed by atoms with van der Waals surface area (Å²) in [5.74, 6) is 3.33. The van der Waals surface area contributed by atoms with Crippen molar-refractivity contribution in [2.75, 3.05) is 13.2 Å². The van der Waals surface area contributed by atoms with Gasteiger partial charge >= 0.3 is 0 Å². The molecule has 0 saturated carbocycles. The van der Waals surface area contributed by atoms with Crippen molar-refractivity contribution in [2.24, 2.45) is 22.7 Å². The van der Waals surface area contributed by atoms with E-state index in [9.17, 15) is 0 Å². The maximum atomic E-state index is 5.48. The highest BCUT2D eigenvalue weighted by atomic mass is 16.5. The molecule has 0 bridgehead atoms. The Morgan fingerprint density at radius 1 is 1.33 bits per heavy atom. The Hall–Kier alpha value is -0.530. The van der Waals surface area contributed by atoms with Gasteiger partial charge in [-0.3, -0.25) is 4.99 Å². The fraction of sp³-hybridized carbons (Fsp3) is 0.923. The van der Waals surface area contributed by atoms with Crippen molar-refractivity contribution in [3.8, 4) is 0 Å². The third-order valence-corrected chi connectivity index (χ3v) is 3.53. The van der Waals surface area contributed by atoms with E-state index in [-0.39, 0.29) is 0 Å². The molecule has 1 heterocycles. The lowest BCUT2D eigenvalue weighted by Gasteiger charge is -2.22. The molecule has 0 fully saturated rings. The molecule has 88 valence electrons. The van der Waals surface area contributed by atoms with Gasteiger partial charge in [0.1, 0.15) is 6.61 Å². The summed E-state index contributed by atoms with van der Waals surface area (Å²) in [4.78, 5) is 4.37. The van der Waals surface area contributed by atoms with Crippen LogP contribution in [0.2, 0.25) is 0 Å². The second-order valence-corrected chi connectivity index (χ2v) is 5.06. The van der Waals surface area contributed by atoms with Crippen molar-refractivity contribution in [2.45, 2.75) is 47.0 Å². The van der Waals surface area contributed by atoms with Gasteiger partial charge in [0, 0.05) is 6.42 Å². The van der Waals surface area contributed by atoms with Crippen LogP contribution in [0.1, 0.15) is 47.0 Å². The SMILES string of the molecule is CCC(CC1=NCCO1)CC(C)C(C)C. The molecule has 0 saturated heterocycles. The number of ether oxygens (including phenoxy) is 1. The number of hydrogen-bond donors (Lipinski definition) is 0. The van der Waals surface area contributed by atoms with E-state index >= 15 is 0 Å². The summed E-state index contributed by atoms with van der Waals surface area (Å²) in [6, 6.07) is 0. The van der Waals surface area contributed by atoms with E-state index in [2.05, 4.69) is 32.7 Å². The predicted octanol–water partition coefficient (Wildman–Crippen LogP) is 3.51. The van der Waals surface area contributed by atoms with E-state index < -0.39 is 0 Å². The smallest absolute Gasteiger partial charge is 0.183 e. The lowest BCUT2D eigenvalue weighted by molar-refractivity contribution is 0.291. The summed E-state index contributed by atoms with van der Waals surface area (Å²) in [6.45, 7) is 10.9. The highest BCUT2D eigenvalue weighted by Gasteiger charge is 2.18. The monoisotopic (exact) mass is 211 g/mol. The molecule has 0 aromatic rings. The van der Waals surface area contributed by atoms with Crippen LogP contribution in [0, 0.1) is 17.8 Å². The standard InChI is InChI=1S/C13H25NO/c1-5-12(8-11(4)10(2)3)9-13-14-6-7-15-13/h10-12H,5-9H2,1-4H3. The second-order valence-electron chi connectivity index (χ2n) is 5.06. The molecule has 15 heavy (non-hydrogen) atoms. The molecule has 0 aromatic carbocycles. The predicted molar refractivity (Wildman–Crippen MR) is 65.3 cm³/mol. The van der Waals surface area contributed by atoms with Gasteiger partial charge in [-0.1, -0.05) is 34.1 Å². The molecular weight excluding hydrogens is 186 g/mol. The lowest BCUT2D eigenvalue weighted by Crippen LogP contribution is -2.14. The van der Waals surface area contributed by atoms with Crippen LogP contribution in [0.15, 0.2) is 4.99 Å². The summed E-state index contributed by atoms with van der Waals surface area (Å²) in [6.07, 6.45) is 3.59. The van der Waals surface area contributed by atoms with Crippen molar-refractivity contribution < 1.29 is 4.74 Å². The average molecular weight is 211 g/mol. The molecule has 0 amide bonds. The number of rotatable bonds is 6. The second kappa shape index (κ2) is 6.14. The van der Waals surface area contributed by atoms with Crippen LogP contribution >= 0.6 is 0 Å². The first kappa shape index (κ1) is 12.5. The largest absolute Gasteiger partial charge is 0.479 e. The van der Waals surface area contributed by atoms with Gasteiger partial charge in [0.15, 0.2) is 5.90 Å². The summed E-state index contributed by atoms with van der Waals surface area (Å²) in [5, 5.41) is 0. The highest BCUT2D eigenvalue weighted by Crippen LogP contribution is 2.25. The van der Waals surface area contributed by atoms with Crippen molar-refractivity contribution in [3.05, 3.63) is 0 Å². The van der Waals surface area contributed by atoms with Crippen LogP contribution in [0.4, 0.5) is 0 Å². The maximum Gasteiger partial charge on any atom is 0.183 e. The summed E-state index contributed by atoms with van der Waals surface area (Å²) in [5.41, 5.74) is 0. The molecule has 2 atom stereocenters. The van der Waals surface area contributed by atoms with Gasteiger partial charge in [0.05, 0.1) is 6.54 Å². The van der Waals surface area contributed by atoms with Crippen LogP contribution in [-0.2, 0) is 4.74 Å². The van der Waals surface area contributed by atoms with E-state index in [1.54, 1.807) is 0 Å². The van der Waals surface area contributed by atoms with Crippen molar-refractivity contribution in [3.63, 3.8) is 0 Å². The summed E-state index contributed by atoms with van der Waals surface area (Å²) < 4.78 is 5.48. The fourth-order valence-corrected chi connectivity index (χ4v) is 1.94. The summed E-state index contributed by atoms with van der Waals surface area (Å²) in [7, 11) is 0. The molecule has 0 aliphatic carbocycles. The number of nitrogens with zero attached hydrogens (tertiary/aromatic N) is 1. The molecule has 0 radical (unpaired) electrons. The van der Waals surface area contributed by atoms with Crippen molar-refractivity contribution in [1.29, 1.82) is 0 Å². The molecule has 0 spiro atoms. The third kappa shape index (κ3) is 4.23. The van der Waals surface area contributed by atoms with Gasteiger partial charge in [-0.2, -0.15) is 0 Å². The van der Waals surface area contributed by atoms with Gasteiger partial charge in [0.2, 0.25) is 0 Å². The fourth-order valence-electron chi connectivity index (χ4n) is 1.94. The number of hydrogen-bond acceptors (Lipinski definition) is 2. The third-order valence-electron chi connectivity index (χ3n) is 3.53. The Morgan fingerprint density at radius 3 is 2.53 bits per heavy atom. The molecule has 2 nitrogen and oxygen atoms in total. The Bertz CT molecular complexity index is 211. The zero-order valence-corrected chi connectivity index (χ0v) is 10.6. The van der Waals surface area contributed by atoms with Crippen LogP contribution in [-0.4, -0.2) is 19.0 Å². The molecule has 2 unspecified atom stereocenters. The molecule has 1 rings (SSSR count). The van der Waals surface area contributed by atoms with E-state index in [4.69, 9.17) is 4.74 Å². The van der Waals surface area contributed by atoms with Gasteiger partial charge in [0.25, 0.3) is 0 Å². The quantitative estimate of drug-likeness (QED) is 0.659. The molecular formula is C13H25NO. The van der Waals surface area contributed by atoms with Gasteiger partial charge < -0.3 is 4.74 Å². The maximum absolute atomic E-state index is 5.48. The van der Waals surface area contributed by atoms with E-state index in [0.29, 0.717) is 0 Å². The Kier molecular flexibility index (Phi) is 5.13. The molecule has 0 aromatic heterocycles. The lowest BCUT2D eigenvalue weighted by atomic mass is 9.85. The minimum absolute atomic E-state index is 0.749. The average Bonchev–Trinajstić information content (AvgIpc) is 2.69. The van der Waals surface area contributed by atoms with Crippen molar-refractivity contribution in [1.82, 2.24) is 0 Å². The minimum atomic E-state index is 0.749. The normalized spacial score (nSPS) is 19.9. The van der Waals surface area contributed by atoms with Crippen LogP contribution in [0.3, 0.4) is 0 Å². The van der Waals surface area contributed by atoms with Crippen LogP contribution in [0.5, 0.6) is 0 Å². The Labute approximate surface area is 94.1 Å². The van der Waals surface area contributed by atoms with E-state index in [0.717, 1.165) is 43.2 Å². The molecule has 1 aliphatic rings. The van der Waals surface area contributed by atoms with Gasteiger partial charge in [-0.15, -0.1) is 0 Å². The topological polar surface area (TPSA) is 21.6 Å². The van der Waals surface area contributed by atoms with Gasteiger partial charge in [-0.25, -0.2) is 0 Å². The Balaban J connectivity index is 2.34. The number of aliphatic imine (C=N–C) groups is 1. The highest BCUT2D eigenvalue weighted by molar-refractivity contribution is 5.77. The zero-order valence-electron chi connectivity index (χ0n) is 10.6. The zero-order chi connectivity index (χ0) is 11.3. The van der Waals surface area contributed by atoms with E-state index in [1.807, 2.05) is 0 Å². The minimum Gasteiger partial charge on any atom is -0.479 e. The molecule has 0 N–H and O–H groups in total. The first-order valence-corrected chi connectivity index (χ1v) is 6.29. The summed E-state index contributed by atoms with van der Waals surface area (Å²) >= 11 is 0. The van der Waals surface area contributed by atoms with Crippen molar-refractivity contribution >= 4 is 5.90 Å². The van der Waals surface area contributed by atoms with Gasteiger partial charge in [-0.05, 0) is 24.2 Å². The van der Waals surface area contributed by atoms with E-state index in [1.165, 1.54) is 12.8 Å². The van der Waals surface area contributed by atoms with Crippen LogP contribution in [0.25, 0.3) is 0 Å². The van der Waals surface area contributed by atoms with Crippen LogP contribution < -0.4 is 0 Å². The first-order chi connectivity index (χ1) is 7.13. The molecule has 1 aliphatic heterocycles. The first-order valence-electron chi connectivity index (χ1n) is 6.29.